The summed E-state index contributed by atoms with van der Waals surface area (Å²) in [5.74, 6) is -0.496. The molecule has 2 rings (SSSR count). The lowest BCUT2D eigenvalue weighted by Crippen LogP contribution is -2.11. The van der Waals surface area contributed by atoms with Crippen LogP contribution in [0.4, 0.5) is 11.4 Å². The lowest BCUT2D eigenvalue weighted by Gasteiger charge is -2.09. The molecule has 0 radical (unpaired) electrons. The van der Waals surface area contributed by atoms with Crippen LogP contribution >= 0.6 is 0 Å². The highest BCUT2D eigenvalue weighted by Gasteiger charge is 2.08. The van der Waals surface area contributed by atoms with Crippen LogP contribution in [-0.2, 0) is 0 Å². The van der Waals surface area contributed by atoms with E-state index in [1.807, 2.05) is 18.2 Å². The Bertz CT molecular complexity index is 579. The zero-order valence-electron chi connectivity index (χ0n) is 9.18. The van der Waals surface area contributed by atoms with Crippen molar-refractivity contribution in [2.75, 3.05) is 11.5 Å². The van der Waals surface area contributed by atoms with Crippen LogP contribution in [0, 0.1) is 0 Å². The number of nitrogen functional groups attached to an aromatic ring is 2. The summed E-state index contributed by atoms with van der Waals surface area (Å²) in [6.45, 7) is 0. The highest BCUT2D eigenvalue weighted by molar-refractivity contribution is 5.96. The van der Waals surface area contributed by atoms with E-state index in [1.165, 1.54) is 0 Å². The summed E-state index contributed by atoms with van der Waals surface area (Å²) in [6.07, 6.45) is 0. The van der Waals surface area contributed by atoms with E-state index in [0.29, 0.717) is 16.9 Å². The molecule has 17 heavy (non-hydrogen) atoms. The van der Waals surface area contributed by atoms with Gasteiger partial charge in [0.15, 0.2) is 0 Å². The molecule has 4 nitrogen and oxygen atoms in total. The molecule has 0 aliphatic heterocycles. The average Bonchev–Trinajstić information content (AvgIpc) is 2.30. The molecule has 0 aliphatic rings. The molecule has 0 bridgehead atoms. The first kappa shape index (κ1) is 11.0. The monoisotopic (exact) mass is 227 g/mol. The van der Waals surface area contributed by atoms with Crippen molar-refractivity contribution in [1.82, 2.24) is 0 Å². The molecular weight excluding hydrogens is 214 g/mol. The van der Waals surface area contributed by atoms with Gasteiger partial charge in [0, 0.05) is 28.1 Å². The number of hydrogen-bond donors (Lipinski definition) is 3. The average molecular weight is 227 g/mol. The van der Waals surface area contributed by atoms with Crippen LogP contribution in [0.1, 0.15) is 10.4 Å². The lowest BCUT2D eigenvalue weighted by atomic mass is 10.00. The van der Waals surface area contributed by atoms with Gasteiger partial charge in [-0.3, -0.25) is 4.79 Å². The highest BCUT2D eigenvalue weighted by atomic mass is 16.1. The summed E-state index contributed by atoms with van der Waals surface area (Å²) >= 11 is 0. The van der Waals surface area contributed by atoms with E-state index in [1.54, 1.807) is 24.3 Å². The van der Waals surface area contributed by atoms with Gasteiger partial charge in [-0.2, -0.15) is 0 Å². The topological polar surface area (TPSA) is 95.1 Å². The second-order valence-corrected chi connectivity index (χ2v) is 3.75. The smallest absolute Gasteiger partial charge is 0.248 e. The molecular formula is C13H13N3O. The number of hydrogen-bond acceptors (Lipinski definition) is 3. The maximum Gasteiger partial charge on any atom is 0.248 e. The van der Waals surface area contributed by atoms with E-state index in [-0.39, 0.29) is 0 Å². The van der Waals surface area contributed by atoms with Gasteiger partial charge in [0.25, 0.3) is 0 Å². The Morgan fingerprint density at radius 3 is 2.12 bits per heavy atom. The third-order valence-electron chi connectivity index (χ3n) is 2.59. The molecule has 0 fully saturated rings. The van der Waals surface area contributed by atoms with Crippen molar-refractivity contribution < 1.29 is 4.79 Å². The Labute approximate surface area is 99.0 Å². The molecule has 0 spiro atoms. The number of anilines is 2. The first-order chi connectivity index (χ1) is 8.09. The van der Waals surface area contributed by atoms with Crippen LogP contribution in [-0.4, -0.2) is 5.91 Å². The second kappa shape index (κ2) is 4.17. The molecule has 6 N–H and O–H groups in total. The minimum atomic E-state index is -0.496. The molecule has 0 heterocycles. The number of primary amides is 1. The van der Waals surface area contributed by atoms with E-state index in [2.05, 4.69) is 0 Å². The summed E-state index contributed by atoms with van der Waals surface area (Å²) in [5.41, 5.74) is 20.1. The third-order valence-corrected chi connectivity index (χ3v) is 2.59. The van der Waals surface area contributed by atoms with Crippen molar-refractivity contribution in [2.24, 2.45) is 5.73 Å². The number of benzene rings is 2. The first-order valence-electron chi connectivity index (χ1n) is 5.14. The third kappa shape index (κ3) is 2.06. The number of carbonyl (C=O) groups excluding carboxylic acids is 1. The van der Waals surface area contributed by atoms with Gasteiger partial charge in [0.1, 0.15) is 0 Å². The van der Waals surface area contributed by atoms with E-state index < -0.39 is 5.91 Å². The predicted octanol–water partition coefficient (Wildman–Crippen LogP) is 1.62. The Morgan fingerprint density at radius 2 is 1.53 bits per heavy atom. The quantitative estimate of drug-likeness (QED) is 0.680. The fraction of sp³-hybridized carbons (Fsp3) is 0. The maximum atomic E-state index is 11.0. The zero-order chi connectivity index (χ0) is 12.4. The standard InChI is InChI=1S/C13H13N3O/c14-11-4-2-1-3-9(11)10-6-5-8(13(16)17)7-12(10)15/h1-7H,14-15H2,(H2,16,17). The SMILES string of the molecule is NC(=O)c1ccc(-c2ccccc2N)c(N)c1. The minimum Gasteiger partial charge on any atom is -0.398 e. The van der Waals surface area contributed by atoms with Gasteiger partial charge in [-0.25, -0.2) is 0 Å². The Morgan fingerprint density at radius 1 is 0.882 bits per heavy atom. The summed E-state index contributed by atoms with van der Waals surface area (Å²) < 4.78 is 0. The molecule has 0 unspecified atom stereocenters. The van der Waals surface area contributed by atoms with E-state index in [9.17, 15) is 4.79 Å². The molecule has 4 heteroatoms. The predicted molar refractivity (Wildman–Crippen MR) is 69.2 cm³/mol. The summed E-state index contributed by atoms with van der Waals surface area (Å²) in [4.78, 5) is 11.0. The van der Waals surface area contributed by atoms with Gasteiger partial charge in [-0.1, -0.05) is 24.3 Å². The number of amides is 1. The number of carbonyl (C=O) groups is 1. The Kier molecular flexibility index (Phi) is 2.70. The highest BCUT2D eigenvalue weighted by Crippen LogP contribution is 2.30. The largest absolute Gasteiger partial charge is 0.398 e. The Balaban J connectivity index is 2.55. The van der Waals surface area contributed by atoms with Crippen LogP contribution in [0.5, 0.6) is 0 Å². The minimum absolute atomic E-state index is 0.390. The lowest BCUT2D eigenvalue weighted by molar-refractivity contribution is 0.100. The van der Waals surface area contributed by atoms with E-state index >= 15 is 0 Å². The van der Waals surface area contributed by atoms with Crippen molar-refractivity contribution in [1.29, 1.82) is 0 Å². The molecule has 0 aliphatic carbocycles. The van der Waals surface area contributed by atoms with Crippen LogP contribution < -0.4 is 17.2 Å². The van der Waals surface area contributed by atoms with Crippen molar-refractivity contribution in [3.05, 3.63) is 48.0 Å². The maximum absolute atomic E-state index is 11.0. The van der Waals surface area contributed by atoms with Gasteiger partial charge < -0.3 is 17.2 Å². The van der Waals surface area contributed by atoms with Gasteiger partial charge in [0.05, 0.1) is 0 Å². The summed E-state index contributed by atoms with van der Waals surface area (Å²) in [6, 6.07) is 12.4. The van der Waals surface area contributed by atoms with Crippen LogP contribution in [0.15, 0.2) is 42.5 Å². The zero-order valence-corrected chi connectivity index (χ0v) is 9.18. The van der Waals surface area contributed by atoms with Gasteiger partial charge in [0.2, 0.25) is 5.91 Å². The van der Waals surface area contributed by atoms with Crippen molar-refractivity contribution in [3.8, 4) is 11.1 Å². The molecule has 0 saturated carbocycles. The normalized spacial score (nSPS) is 10.1. The van der Waals surface area contributed by atoms with Crippen LogP contribution in [0.25, 0.3) is 11.1 Å². The second-order valence-electron chi connectivity index (χ2n) is 3.75. The van der Waals surface area contributed by atoms with Crippen LogP contribution in [0.3, 0.4) is 0 Å². The molecule has 0 saturated heterocycles. The van der Waals surface area contributed by atoms with Gasteiger partial charge >= 0.3 is 0 Å². The molecule has 2 aromatic rings. The van der Waals surface area contributed by atoms with Crippen molar-refractivity contribution in [3.63, 3.8) is 0 Å². The Hall–Kier alpha value is -2.49. The van der Waals surface area contributed by atoms with Gasteiger partial charge in [-0.15, -0.1) is 0 Å². The van der Waals surface area contributed by atoms with Gasteiger partial charge in [-0.05, 0) is 18.2 Å². The molecule has 2 aromatic carbocycles. The first-order valence-corrected chi connectivity index (χ1v) is 5.14. The fourth-order valence-electron chi connectivity index (χ4n) is 1.70. The number of para-hydroxylation sites is 1. The summed E-state index contributed by atoms with van der Waals surface area (Å²) in [7, 11) is 0. The molecule has 1 amide bonds. The van der Waals surface area contributed by atoms with E-state index in [4.69, 9.17) is 17.2 Å². The molecule has 0 atom stereocenters. The van der Waals surface area contributed by atoms with Crippen LogP contribution in [0.2, 0.25) is 0 Å². The molecule has 86 valence electrons. The van der Waals surface area contributed by atoms with E-state index in [0.717, 1.165) is 11.1 Å². The fourth-order valence-corrected chi connectivity index (χ4v) is 1.70. The van der Waals surface area contributed by atoms with Crippen molar-refractivity contribution >= 4 is 17.3 Å². The van der Waals surface area contributed by atoms with Crippen molar-refractivity contribution in [2.45, 2.75) is 0 Å². The number of rotatable bonds is 2. The summed E-state index contributed by atoms with van der Waals surface area (Å²) in [5, 5.41) is 0. The molecule has 0 aromatic heterocycles. The number of nitrogens with two attached hydrogens (primary N) is 3.